The van der Waals surface area contributed by atoms with Crippen molar-refractivity contribution in [2.75, 3.05) is 13.1 Å². The highest BCUT2D eigenvalue weighted by Crippen LogP contribution is 2.23. The van der Waals surface area contributed by atoms with E-state index in [0.717, 1.165) is 5.56 Å². The fourth-order valence-corrected chi connectivity index (χ4v) is 6.43. The lowest BCUT2D eigenvalue weighted by Gasteiger charge is -2.31. The first-order chi connectivity index (χ1) is 12.6. The number of rotatable bonds is 5. The maximum Gasteiger partial charge on any atom is 0.244 e. The molecule has 0 amide bonds. The first-order valence-electron chi connectivity index (χ1n) is 8.72. The van der Waals surface area contributed by atoms with Gasteiger partial charge in [0.15, 0.2) is 0 Å². The van der Waals surface area contributed by atoms with Crippen molar-refractivity contribution in [3.05, 3.63) is 41.2 Å². The Labute approximate surface area is 160 Å². The predicted octanol–water partition coefficient (Wildman–Crippen LogP) is 1.47. The van der Waals surface area contributed by atoms with Crippen molar-refractivity contribution in [1.29, 1.82) is 0 Å². The minimum absolute atomic E-state index is 0.164. The maximum absolute atomic E-state index is 12.7. The summed E-state index contributed by atoms with van der Waals surface area (Å²) in [6.45, 7) is 5.73. The first kappa shape index (κ1) is 20.0. The van der Waals surface area contributed by atoms with Gasteiger partial charge in [0.1, 0.15) is 4.90 Å². The Bertz CT molecular complexity index is 1000. The number of nitrogens with one attached hydrogen (secondary N) is 2. The molecule has 1 fully saturated rings. The Morgan fingerprint density at radius 3 is 2.15 bits per heavy atom. The molecule has 2 aromatic rings. The molecule has 1 saturated heterocycles. The quantitative estimate of drug-likeness (QED) is 0.772. The zero-order valence-electron chi connectivity index (χ0n) is 15.6. The third-order valence-corrected chi connectivity index (χ3v) is 8.46. The molecule has 1 aliphatic heterocycles. The Morgan fingerprint density at radius 2 is 1.63 bits per heavy atom. The van der Waals surface area contributed by atoms with Gasteiger partial charge in [0, 0.05) is 19.1 Å². The summed E-state index contributed by atoms with van der Waals surface area (Å²) in [5, 5.41) is 6.60. The molecule has 3 rings (SSSR count). The second kappa shape index (κ2) is 7.34. The van der Waals surface area contributed by atoms with Crippen LogP contribution in [0.3, 0.4) is 0 Å². The van der Waals surface area contributed by atoms with Crippen molar-refractivity contribution in [3.8, 4) is 0 Å². The molecule has 1 aromatic heterocycles. The Morgan fingerprint density at radius 1 is 1.04 bits per heavy atom. The van der Waals surface area contributed by atoms with Gasteiger partial charge >= 0.3 is 0 Å². The number of hydrogen-bond acceptors (Lipinski definition) is 5. The molecular weight excluding hydrogens is 388 g/mol. The molecule has 0 radical (unpaired) electrons. The van der Waals surface area contributed by atoms with Crippen LogP contribution in [0.15, 0.2) is 34.1 Å². The maximum atomic E-state index is 12.7. The molecule has 2 N–H and O–H groups in total. The Kier molecular flexibility index (Phi) is 5.44. The number of nitrogens with zero attached hydrogens (tertiary/aromatic N) is 2. The van der Waals surface area contributed by atoms with Gasteiger partial charge in [-0.1, -0.05) is 17.7 Å². The van der Waals surface area contributed by atoms with Gasteiger partial charge in [0.05, 0.1) is 16.3 Å². The molecule has 1 aromatic carbocycles. The van der Waals surface area contributed by atoms with Crippen LogP contribution in [0.5, 0.6) is 0 Å². The smallest absolute Gasteiger partial charge is 0.244 e. The van der Waals surface area contributed by atoms with Crippen LogP contribution >= 0.6 is 0 Å². The number of benzene rings is 1. The molecule has 27 heavy (non-hydrogen) atoms. The van der Waals surface area contributed by atoms with E-state index in [0.29, 0.717) is 24.2 Å². The molecule has 0 saturated carbocycles. The van der Waals surface area contributed by atoms with Crippen LogP contribution in [-0.2, 0) is 20.0 Å². The van der Waals surface area contributed by atoms with Gasteiger partial charge in [-0.05, 0) is 45.7 Å². The number of hydrogen-bond donors (Lipinski definition) is 2. The normalized spacial score (nSPS) is 17.3. The lowest BCUT2D eigenvalue weighted by Crippen LogP contribution is -2.46. The standard InChI is InChI=1S/C17H24N4O4S2/c1-12-4-6-16(7-5-12)27(24,25)21-10-8-15(9-11-21)20-26(22,23)17-13(2)18-19-14(17)3/h4-7,15,20H,8-11H2,1-3H3,(H,18,19). The molecule has 2 heterocycles. The molecular formula is C17H24N4O4S2. The summed E-state index contributed by atoms with van der Waals surface area (Å²) in [4.78, 5) is 0.425. The van der Waals surface area contributed by atoms with E-state index in [1.165, 1.54) is 4.31 Å². The van der Waals surface area contributed by atoms with Gasteiger partial charge in [-0.25, -0.2) is 21.6 Å². The van der Waals surface area contributed by atoms with E-state index in [1.54, 1.807) is 38.1 Å². The van der Waals surface area contributed by atoms with E-state index in [4.69, 9.17) is 0 Å². The third kappa shape index (κ3) is 4.08. The van der Waals surface area contributed by atoms with Crippen molar-refractivity contribution in [1.82, 2.24) is 19.2 Å². The summed E-state index contributed by atoms with van der Waals surface area (Å²) in [5.74, 6) is 0. The molecule has 0 atom stereocenters. The summed E-state index contributed by atoms with van der Waals surface area (Å²) in [5.41, 5.74) is 1.89. The second-order valence-corrected chi connectivity index (χ2v) is 10.5. The minimum Gasteiger partial charge on any atom is -0.281 e. The summed E-state index contributed by atoms with van der Waals surface area (Å²) in [6.07, 6.45) is 0.834. The van der Waals surface area contributed by atoms with Crippen molar-refractivity contribution in [2.24, 2.45) is 0 Å². The highest BCUT2D eigenvalue weighted by atomic mass is 32.2. The summed E-state index contributed by atoms with van der Waals surface area (Å²) in [6, 6.07) is 6.42. The van der Waals surface area contributed by atoms with E-state index in [9.17, 15) is 16.8 Å². The van der Waals surface area contributed by atoms with Crippen LogP contribution in [-0.4, -0.2) is 50.5 Å². The van der Waals surface area contributed by atoms with Gasteiger partial charge in [-0.2, -0.15) is 9.40 Å². The molecule has 0 aliphatic carbocycles. The molecule has 0 spiro atoms. The van der Waals surface area contributed by atoms with Crippen LogP contribution in [0.25, 0.3) is 0 Å². The van der Waals surface area contributed by atoms with Crippen molar-refractivity contribution < 1.29 is 16.8 Å². The largest absolute Gasteiger partial charge is 0.281 e. The zero-order valence-corrected chi connectivity index (χ0v) is 17.2. The van der Waals surface area contributed by atoms with Crippen molar-refractivity contribution in [2.45, 2.75) is 49.4 Å². The molecule has 0 bridgehead atoms. The molecule has 0 unspecified atom stereocenters. The van der Waals surface area contributed by atoms with E-state index in [-0.39, 0.29) is 28.9 Å². The average molecular weight is 413 g/mol. The van der Waals surface area contributed by atoms with Gasteiger partial charge < -0.3 is 0 Å². The number of piperidine rings is 1. The van der Waals surface area contributed by atoms with Gasteiger partial charge in [0.25, 0.3) is 0 Å². The highest BCUT2D eigenvalue weighted by molar-refractivity contribution is 7.89. The van der Waals surface area contributed by atoms with Crippen LogP contribution in [0, 0.1) is 20.8 Å². The van der Waals surface area contributed by atoms with Crippen molar-refractivity contribution in [3.63, 3.8) is 0 Å². The molecule has 10 heteroatoms. The fraction of sp³-hybridized carbons (Fsp3) is 0.471. The average Bonchev–Trinajstić information content (AvgIpc) is 2.95. The topological polar surface area (TPSA) is 112 Å². The SMILES string of the molecule is Cc1ccc(S(=O)(=O)N2CCC(NS(=O)(=O)c3c(C)n[nH]c3C)CC2)cc1. The number of H-pyrrole nitrogens is 1. The predicted molar refractivity (Wildman–Crippen MR) is 101 cm³/mol. The van der Waals surface area contributed by atoms with Gasteiger partial charge in [0.2, 0.25) is 20.0 Å². The summed E-state index contributed by atoms with van der Waals surface area (Å²) in [7, 11) is -7.26. The fourth-order valence-electron chi connectivity index (χ4n) is 3.29. The molecule has 1 aliphatic rings. The van der Waals surface area contributed by atoms with E-state index >= 15 is 0 Å². The van der Waals surface area contributed by atoms with Crippen LogP contribution in [0.1, 0.15) is 29.8 Å². The van der Waals surface area contributed by atoms with E-state index in [1.807, 2.05) is 6.92 Å². The highest BCUT2D eigenvalue weighted by Gasteiger charge is 2.32. The zero-order chi connectivity index (χ0) is 19.8. The number of aryl methyl sites for hydroxylation is 3. The Hall–Kier alpha value is -1.75. The minimum atomic E-state index is -3.70. The monoisotopic (exact) mass is 412 g/mol. The lowest BCUT2D eigenvalue weighted by atomic mass is 10.1. The van der Waals surface area contributed by atoms with Gasteiger partial charge in [-0.3, -0.25) is 5.10 Å². The number of aromatic amines is 1. The Balaban J connectivity index is 1.68. The van der Waals surface area contributed by atoms with E-state index < -0.39 is 20.0 Å². The van der Waals surface area contributed by atoms with Gasteiger partial charge in [-0.15, -0.1) is 0 Å². The summed E-state index contributed by atoms with van der Waals surface area (Å²) >= 11 is 0. The van der Waals surface area contributed by atoms with E-state index in [2.05, 4.69) is 14.9 Å². The van der Waals surface area contributed by atoms with Crippen LogP contribution in [0.2, 0.25) is 0 Å². The molecule has 148 valence electrons. The lowest BCUT2D eigenvalue weighted by molar-refractivity contribution is 0.308. The first-order valence-corrected chi connectivity index (χ1v) is 11.6. The van der Waals surface area contributed by atoms with Crippen LogP contribution < -0.4 is 4.72 Å². The number of aromatic nitrogens is 2. The van der Waals surface area contributed by atoms with Crippen molar-refractivity contribution >= 4 is 20.0 Å². The number of sulfonamides is 2. The summed E-state index contributed by atoms with van der Waals surface area (Å²) < 4.78 is 54.8. The second-order valence-electron chi connectivity index (χ2n) is 6.88. The third-order valence-electron chi connectivity index (χ3n) is 4.76. The molecule has 8 nitrogen and oxygen atoms in total. The van der Waals surface area contributed by atoms with Crippen LogP contribution in [0.4, 0.5) is 0 Å².